The summed E-state index contributed by atoms with van der Waals surface area (Å²) in [4.78, 5) is 25.1. The van der Waals surface area contributed by atoms with Crippen molar-refractivity contribution in [3.63, 3.8) is 0 Å². The van der Waals surface area contributed by atoms with Crippen LogP contribution in [0, 0.1) is 5.41 Å². The maximum absolute atomic E-state index is 13.9. The molecule has 0 fully saturated rings. The molecule has 3 heterocycles. The fourth-order valence-corrected chi connectivity index (χ4v) is 5.27. The standard InChI is InChI=1S/C30H40N5O6Si/c1-29(2,3)25(41-42(9)10)20-17-24-32-26(22-12-11-15-39-22)33-35(24)27(31-20)34(28(36)40-30(4,5)6)18-19-13-14-21(37-7)23(16-19)38-8/h11-17,25H,18H2,1-10H3. The number of furan rings is 1. The summed E-state index contributed by atoms with van der Waals surface area (Å²) in [7, 11) is 2.03. The highest BCUT2D eigenvalue weighted by Crippen LogP contribution is 2.38. The smallest absolute Gasteiger partial charge is 0.417 e. The molecule has 0 saturated heterocycles. The summed E-state index contributed by atoms with van der Waals surface area (Å²) in [5, 5.41) is 4.70. The molecule has 0 bridgehead atoms. The van der Waals surface area contributed by atoms with Crippen molar-refractivity contribution in [2.24, 2.45) is 5.41 Å². The van der Waals surface area contributed by atoms with Gasteiger partial charge in [-0.05, 0) is 69.1 Å². The molecule has 1 atom stereocenters. The van der Waals surface area contributed by atoms with Crippen molar-refractivity contribution >= 4 is 26.7 Å². The molecule has 1 amide bonds. The minimum atomic E-state index is -1.11. The van der Waals surface area contributed by atoms with Crippen LogP contribution in [0.4, 0.5) is 10.7 Å². The third kappa shape index (κ3) is 7.11. The summed E-state index contributed by atoms with van der Waals surface area (Å²) in [6.07, 6.45) is 0.600. The Kier molecular flexibility index (Phi) is 8.97. The largest absolute Gasteiger partial charge is 0.493 e. The third-order valence-corrected chi connectivity index (χ3v) is 6.83. The Labute approximate surface area is 248 Å². The second-order valence-corrected chi connectivity index (χ2v) is 14.2. The Hall–Kier alpha value is -3.90. The van der Waals surface area contributed by atoms with Gasteiger partial charge < -0.3 is 23.1 Å². The molecule has 12 heteroatoms. The zero-order chi connectivity index (χ0) is 30.8. The highest BCUT2D eigenvalue weighted by Gasteiger charge is 2.34. The molecule has 225 valence electrons. The van der Waals surface area contributed by atoms with Gasteiger partial charge in [0, 0.05) is 6.07 Å². The van der Waals surface area contributed by atoms with E-state index >= 15 is 0 Å². The van der Waals surface area contributed by atoms with Crippen molar-refractivity contribution in [3.8, 4) is 23.1 Å². The van der Waals surface area contributed by atoms with Gasteiger partial charge in [0.05, 0.1) is 38.8 Å². The fourth-order valence-electron chi connectivity index (χ4n) is 4.32. The topological polar surface area (TPSA) is 113 Å². The van der Waals surface area contributed by atoms with E-state index in [0.29, 0.717) is 34.4 Å². The van der Waals surface area contributed by atoms with Crippen LogP contribution in [0.5, 0.6) is 11.5 Å². The number of nitrogens with zero attached hydrogens (tertiary/aromatic N) is 5. The normalized spacial score (nSPS) is 12.9. The number of carbonyl (C=O) groups excluding carboxylic acids is 1. The van der Waals surface area contributed by atoms with Crippen LogP contribution in [-0.2, 0) is 15.7 Å². The summed E-state index contributed by atoms with van der Waals surface area (Å²) >= 11 is 0. The van der Waals surface area contributed by atoms with E-state index in [4.69, 9.17) is 38.1 Å². The van der Waals surface area contributed by atoms with E-state index in [-0.39, 0.29) is 24.0 Å². The Morgan fingerprint density at radius 3 is 2.31 bits per heavy atom. The highest BCUT2D eigenvalue weighted by molar-refractivity contribution is 6.48. The highest BCUT2D eigenvalue weighted by atomic mass is 28.3. The van der Waals surface area contributed by atoms with Gasteiger partial charge in [-0.3, -0.25) is 0 Å². The summed E-state index contributed by atoms with van der Waals surface area (Å²) < 4.78 is 30.4. The summed E-state index contributed by atoms with van der Waals surface area (Å²) in [5.74, 6) is 2.20. The lowest BCUT2D eigenvalue weighted by atomic mass is 9.87. The number of hydrogen-bond acceptors (Lipinski definition) is 9. The molecule has 4 rings (SSSR count). The van der Waals surface area contributed by atoms with Crippen molar-refractivity contribution in [3.05, 3.63) is 53.9 Å². The van der Waals surface area contributed by atoms with Crippen LogP contribution in [0.15, 0.2) is 47.1 Å². The minimum absolute atomic E-state index is 0.106. The Bertz CT molecular complexity index is 1520. The minimum Gasteiger partial charge on any atom is -0.493 e. The van der Waals surface area contributed by atoms with Crippen LogP contribution < -0.4 is 14.4 Å². The number of benzene rings is 1. The van der Waals surface area contributed by atoms with Gasteiger partial charge in [-0.1, -0.05) is 26.8 Å². The molecule has 1 radical (unpaired) electrons. The van der Waals surface area contributed by atoms with E-state index in [1.165, 1.54) is 9.42 Å². The zero-order valence-corrected chi connectivity index (χ0v) is 27.0. The predicted molar refractivity (Wildman–Crippen MR) is 161 cm³/mol. The molecule has 1 aromatic carbocycles. The zero-order valence-electron chi connectivity index (χ0n) is 26.0. The van der Waals surface area contributed by atoms with E-state index in [1.807, 2.05) is 39.0 Å². The second kappa shape index (κ2) is 12.1. The quantitative estimate of drug-likeness (QED) is 0.195. The van der Waals surface area contributed by atoms with Gasteiger partial charge >= 0.3 is 6.09 Å². The number of methoxy groups -OCH3 is 2. The first kappa shape index (κ1) is 31.0. The van der Waals surface area contributed by atoms with E-state index in [9.17, 15) is 4.79 Å². The molecular weight excluding hydrogens is 554 g/mol. The van der Waals surface area contributed by atoms with Gasteiger partial charge in [0.2, 0.25) is 20.8 Å². The van der Waals surface area contributed by atoms with Crippen LogP contribution in [-0.4, -0.2) is 54.5 Å². The van der Waals surface area contributed by atoms with Crippen molar-refractivity contribution < 1.29 is 27.8 Å². The number of anilines is 1. The first-order chi connectivity index (χ1) is 19.7. The first-order valence-corrected chi connectivity index (χ1v) is 16.1. The van der Waals surface area contributed by atoms with Crippen LogP contribution >= 0.6 is 0 Å². The number of rotatable bonds is 9. The molecule has 42 heavy (non-hydrogen) atoms. The summed E-state index contributed by atoms with van der Waals surface area (Å²) in [5.41, 5.74) is 0.830. The molecule has 0 N–H and O–H groups in total. The van der Waals surface area contributed by atoms with Crippen LogP contribution in [0.1, 0.15) is 58.9 Å². The molecule has 0 spiro atoms. The monoisotopic (exact) mass is 594 g/mol. The molecule has 11 nitrogen and oxygen atoms in total. The molecular formula is C30H40N5O6Si. The Morgan fingerprint density at radius 1 is 1.02 bits per heavy atom. The van der Waals surface area contributed by atoms with Crippen molar-refractivity contribution in [1.29, 1.82) is 0 Å². The summed E-state index contributed by atoms with van der Waals surface area (Å²) in [6.45, 7) is 16.0. The molecule has 4 aromatic rings. The lowest BCUT2D eigenvalue weighted by Gasteiger charge is -2.33. The lowest BCUT2D eigenvalue weighted by molar-refractivity contribution is 0.0572. The number of hydrogen-bond donors (Lipinski definition) is 0. The molecule has 0 aliphatic heterocycles. The third-order valence-electron chi connectivity index (χ3n) is 6.12. The average molecular weight is 595 g/mol. The predicted octanol–water partition coefficient (Wildman–Crippen LogP) is 6.70. The van der Waals surface area contributed by atoms with Gasteiger partial charge in [-0.15, -0.1) is 5.10 Å². The van der Waals surface area contributed by atoms with Crippen LogP contribution in [0.2, 0.25) is 13.1 Å². The average Bonchev–Trinajstić information content (AvgIpc) is 3.58. The van der Waals surface area contributed by atoms with Crippen LogP contribution in [0.25, 0.3) is 17.2 Å². The van der Waals surface area contributed by atoms with E-state index in [1.54, 1.807) is 38.7 Å². The van der Waals surface area contributed by atoms with Crippen LogP contribution in [0.3, 0.4) is 0 Å². The molecule has 1 unspecified atom stereocenters. The van der Waals surface area contributed by atoms with Crippen molar-refractivity contribution in [2.45, 2.75) is 72.9 Å². The number of amides is 1. The van der Waals surface area contributed by atoms with E-state index < -0.39 is 20.7 Å². The number of ether oxygens (including phenoxy) is 3. The Morgan fingerprint density at radius 2 is 1.74 bits per heavy atom. The lowest BCUT2D eigenvalue weighted by Crippen LogP contribution is -2.38. The maximum atomic E-state index is 13.9. The SMILES string of the molecule is COc1ccc(CN(C(=O)OC(C)(C)C)c2nc(C(O[Si](C)C)C(C)(C)C)cc3nc(-c4ccco4)nn23)cc1OC. The number of aromatic nitrogens is 4. The first-order valence-electron chi connectivity index (χ1n) is 13.7. The van der Waals surface area contributed by atoms with Gasteiger partial charge in [-0.2, -0.15) is 4.52 Å². The van der Waals surface area contributed by atoms with Gasteiger partial charge in [-0.25, -0.2) is 19.7 Å². The summed E-state index contributed by atoms with van der Waals surface area (Å²) in [6, 6.07) is 10.9. The number of carbonyl (C=O) groups is 1. The van der Waals surface area contributed by atoms with Gasteiger partial charge in [0.25, 0.3) is 0 Å². The molecule has 0 aliphatic carbocycles. The molecule has 0 aliphatic rings. The van der Waals surface area contributed by atoms with Gasteiger partial charge in [0.1, 0.15) is 5.60 Å². The van der Waals surface area contributed by atoms with E-state index in [0.717, 1.165) is 5.56 Å². The second-order valence-electron chi connectivity index (χ2n) is 12.2. The van der Waals surface area contributed by atoms with Gasteiger partial charge in [0.15, 0.2) is 22.9 Å². The van der Waals surface area contributed by atoms with Crippen molar-refractivity contribution in [2.75, 3.05) is 19.1 Å². The number of fused-ring (bicyclic) bond motifs is 1. The van der Waals surface area contributed by atoms with E-state index in [2.05, 4.69) is 33.9 Å². The fraction of sp³-hybridized carbons (Fsp3) is 0.467. The maximum Gasteiger partial charge on any atom is 0.417 e. The van der Waals surface area contributed by atoms with Crippen molar-refractivity contribution in [1.82, 2.24) is 19.6 Å². The molecule has 0 saturated carbocycles. The Balaban J connectivity index is 1.95. The molecule has 3 aromatic heterocycles.